The van der Waals surface area contributed by atoms with Crippen molar-refractivity contribution < 1.29 is 9.53 Å². The van der Waals surface area contributed by atoms with Gasteiger partial charge in [0.15, 0.2) is 0 Å². The zero-order valence-electron chi connectivity index (χ0n) is 13.1. The van der Waals surface area contributed by atoms with Gasteiger partial charge in [0.2, 0.25) is 0 Å². The molecule has 3 rings (SSSR count). The molecule has 0 unspecified atom stereocenters. The van der Waals surface area contributed by atoms with E-state index < -0.39 is 0 Å². The molecule has 0 atom stereocenters. The van der Waals surface area contributed by atoms with Crippen LogP contribution in [0, 0.1) is 17.2 Å². The second-order valence-electron chi connectivity index (χ2n) is 5.75. The van der Waals surface area contributed by atoms with Crippen molar-refractivity contribution in [2.75, 3.05) is 13.1 Å². The summed E-state index contributed by atoms with van der Waals surface area (Å²) in [6.07, 6.45) is 1.47. The van der Waals surface area contributed by atoms with Crippen LogP contribution in [0.1, 0.15) is 23.2 Å². The van der Waals surface area contributed by atoms with E-state index in [-0.39, 0.29) is 11.8 Å². The van der Waals surface area contributed by atoms with Gasteiger partial charge in [0, 0.05) is 23.5 Å². The van der Waals surface area contributed by atoms with E-state index in [0.717, 1.165) is 17.3 Å². The number of halogens is 1. The number of para-hydroxylation sites is 1. The Bertz CT molecular complexity index is 777. The van der Waals surface area contributed by atoms with E-state index in [0.29, 0.717) is 30.2 Å². The Labute approximate surface area is 149 Å². The van der Waals surface area contributed by atoms with Gasteiger partial charge >= 0.3 is 0 Å². The number of benzene rings is 2. The summed E-state index contributed by atoms with van der Waals surface area (Å²) in [6, 6.07) is 17.1. The summed E-state index contributed by atoms with van der Waals surface area (Å²) >= 11 is 3.42. The second kappa shape index (κ2) is 7.50. The van der Waals surface area contributed by atoms with Gasteiger partial charge in [-0.3, -0.25) is 4.79 Å². The third-order valence-electron chi connectivity index (χ3n) is 4.11. The Kier molecular flexibility index (Phi) is 5.17. The summed E-state index contributed by atoms with van der Waals surface area (Å²) in [7, 11) is 0. The van der Waals surface area contributed by atoms with Crippen LogP contribution in [0.3, 0.4) is 0 Å². The highest BCUT2D eigenvalue weighted by Crippen LogP contribution is 2.29. The quantitative estimate of drug-likeness (QED) is 0.775. The van der Waals surface area contributed by atoms with Gasteiger partial charge in [0.05, 0.1) is 11.6 Å². The molecule has 4 nitrogen and oxygen atoms in total. The zero-order valence-corrected chi connectivity index (χ0v) is 14.7. The molecule has 1 saturated heterocycles. The first-order valence-corrected chi connectivity index (χ1v) is 8.68. The van der Waals surface area contributed by atoms with Gasteiger partial charge in [0.25, 0.3) is 5.91 Å². The van der Waals surface area contributed by atoms with Crippen LogP contribution < -0.4 is 4.74 Å². The molecule has 0 N–H and O–H groups in total. The van der Waals surface area contributed by atoms with Gasteiger partial charge in [-0.25, -0.2) is 0 Å². The van der Waals surface area contributed by atoms with E-state index in [9.17, 15) is 4.79 Å². The molecule has 1 fully saturated rings. The van der Waals surface area contributed by atoms with Crippen molar-refractivity contribution in [3.8, 4) is 17.6 Å². The Morgan fingerprint density at radius 2 is 1.92 bits per heavy atom. The number of hydrogen-bond acceptors (Lipinski definition) is 3. The number of nitriles is 1. The monoisotopic (exact) mass is 384 g/mol. The lowest BCUT2D eigenvalue weighted by molar-refractivity contribution is 0.0704. The predicted molar refractivity (Wildman–Crippen MR) is 94.9 cm³/mol. The molecule has 0 bridgehead atoms. The number of nitrogens with zero attached hydrogens (tertiary/aromatic N) is 2. The Morgan fingerprint density at radius 3 is 2.62 bits per heavy atom. The van der Waals surface area contributed by atoms with Crippen LogP contribution in [0.5, 0.6) is 11.5 Å². The van der Waals surface area contributed by atoms with Crippen LogP contribution >= 0.6 is 15.9 Å². The van der Waals surface area contributed by atoms with E-state index in [1.54, 1.807) is 17.0 Å². The van der Waals surface area contributed by atoms with E-state index in [1.165, 1.54) is 0 Å². The maximum absolute atomic E-state index is 12.8. The predicted octanol–water partition coefficient (Wildman–Crippen LogP) is 4.62. The topological polar surface area (TPSA) is 53.3 Å². The first-order valence-electron chi connectivity index (χ1n) is 7.88. The minimum absolute atomic E-state index is 0.0445. The van der Waals surface area contributed by atoms with Crippen molar-refractivity contribution >= 4 is 21.8 Å². The molecule has 1 amide bonds. The molecule has 2 aromatic carbocycles. The average Bonchev–Trinajstić information content (AvgIpc) is 2.62. The largest absolute Gasteiger partial charge is 0.456 e. The van der Waals surface area contributed by atoms with Gasteiger partial charge < -0.3 is 9.64 Å². The number of likely N-dealkylation sites (tertiary alicyclic amines) is 1. The fourth-order valence-corrected chi connectivity index (χ4v) is 3.15. The van der Waals surface area contributed by atoms with Gasteiger partial charge in [0.1, 0.15) is 11.5 Å². The standard InChI is InChI=1S/C19H17BrN2O2/c20-15-4-3-5-16(12-15)24-18-7-2-1-6-17(18)19(23)22-10-8-14(13-21)9-11-22/h1-7,12,14H,8-11H2. The first kappa shape index (κ1) is 16.5. The van der Waals surface area contributed by atoms with Crippen LogP contribution in [0.2, 0.25) is 0 Å². The Balaban J connectivity index is 1.79. The third-order valence-corrected chi connectivity index (χ3v) is 4.60. The molecule has 2 aromatic rings. The molecule has 24 heavy (non-hydrogen) atoms. The number of carbonyl (C=O) groups is 1. The lowest BCUT2D eigenvalue weighted by Gasteiger charge is -2.29. The van der Waals surface area contributed by atoms with E-state index in [1.807, 2.05) is 36.4 Å². The van der Waals surface area contributed by atoms with Crippen LogP contribution in [0.25, 0.3) is 0 Å². The normalized spacial score (nSPS) is 14.9. The highest BCUT2D eigenvalue weighted by Gasteiger charge is 2.25. The molecule has 0 spiro atoms. The SMILES string of the molecule is N#CC1CCN(C(=O)c2ccccc2Oc2cccc(Br)c2)CC1. The molecule has 0 aliphatic carbocycles. The fraction of sp³-hybridized carbons (Fsp3) is 0.263. The summed E-state index contributed by atoms with van der Waals surface area (Å²) in [4.78, 5) is 14.6. The lowest BCUT2D eigenvalue weighted by Crippen LogP contribution is -2.38. The highest BCUT2D eigenvalue weighted by molar-refractivity contribution is 9.10. The zero-order chi connectivity index (χ0) is 16.9. The number of piperidine rings is 1. The number of ether oxygens (including phenoxy) is 1. The maximum atomic E-state index is 12.8. The first-order chi connectivity index (χ1) is 11.7. The summed E-state index contributed by atoms with van der Waals surface area (Å²) < 4.78 is 6.83. The molecular weight excluding hydrogens is 368 g/mol. The van der Waals surface area contributed by atoms with E-state index >= 15 is 0 Å². The molecule has 1 aliphatic rings. The molecule has 1 heterocycles. The molecule has 122 valence electrons. The van der Waals surface area contributed by atoms with Crippen LogP contribution in [-0.4, -0.2) is 23.9 Å². The number of rotatable bonds is 3. The van der Waals surface area contributed by atoms with Gasteiger partial charge in [-0.15, -0.1) is 0 Å². The van der Waals surface area contributed by atoms with Crippen molar-refractivity contribution in [2.45, 2.75) is 12.8 Å². The highest BCUT2D eigenvalue weighted by atomic mass is 79.9. The minimum atomic E-state index is -0.0445. The Hall–Kier alpha value is -2.32. The molecule has 5 heteroatoms. The van der Waals surface area contributed by atoms with Gasteiger partial charge in [-0.05, 0) is 43.2 Å². The summed E-state index contributed by atoms with van der Waals surface area (Å²) in [5, 5.41) is 8.99. The van der Waals surface area contributed by atoms with Crippen LogP contribution in [-0.2, 0) is 0 Å². The molecule has 0 saturated carbocycles. The second-order valence-corrected chi connectivity index (χ2v) is 6.67. The van der Waals surface area contributed by atoms with Crippen molar-refractivity contribution in [3.05, 3.63) is 58.6 Å². The van der Waals surface area contributed by atoms with E-state index in [2.05, 4.69) is 22.0 Å². The average molecular weight is 385 g/mol. The van der Waals surface area contributed by atoms with Crippen molar-refractivity contribution in [1.82, 2.24) is 4.90 Å². The maximum Gasteiger partial charge on any atom is 0.257 e. The molecule has 0 radical (unpaired) electrons. The smallest absolute Gasteiger partial charge is 0.257 e. The van der Waals surface area contributed by atoms with E-state index in [4.69, 9.17) is 10.00 Å². The van der Waals surface area contributed by atoms with Gasteiger partial charge in [-0.2, -0.15) is 5.26 Å². The van der Waals surface area contributed by atoms with Crippen LogP contribution in [0.15, 0.2) is 53.0 Å². The number of carbonyl (C=O) groups excluding carboxylic acids is 1. The summed E-state index contributed by atoms with van der Waals surface area (Å²) in [5.74, 6) is 1.23. The molecule has 0 aromatic heterocycles. The fourth-order valence-electron chi connectivity index (χ4n) is 2.77. The minimum Gasteiger partial charge on any atom is -0.456 e. The summed E-state index contributed by atoms with van der Waals surface area (Å²) in [6.45, 7) is 1.23. The van der Waals surface area contributed by atoms with Crippen molar-refractivity contribution in [3.63, 3.8) is 0 Å². The van der Waals surface area contributed by atoms with Crippen molar-refractivity contribution in [2.24, 2.45) is 5.92 Å². The molecular formula is C19H17BrN2O2. The number of amides is 1. The Morgan fingerprint density at radius 1 is 1.17 bits per heavy atom. The third kappa shape index (κ3) is 3.77. The summed E-state index contributed by atoms with van der Waals surface area (Å²) in [5.41, 5.74) is 0.549. The molecule has 1 aliphatic heterocycles. The van der Waals surface area contributed by atoms with Gasteiger partial charge in [-0.1, -0.05) is 34.1 Å². The van der Waals surface area contributed by atoms with Crippen molar-refractivity contribution in [1.29, 1.82) is 5.26 Å². The number of hydrogen-bond donors (Lipinski definition) is 0. The van der Waals surface area contributed by atoms with Crippen LogP contribution in [0.4, 0.5) is 0 Å². The lowest BCUT2D eigenvalue weighted by atomic mass is 9.98.